The summed E-state index contributed by atoms with van der Waals surface area (Å²) in [6, 6.07) is 20.9. The molecule has 146 valence electrons. The van der Waals surface area contributed by atoms with E-state index in [4.69, 9.17) is 4.98 Å². The second-order valence-electron chi connectivity index (χ2n) is 7.36. The average molecular weight is 374 g/mol. The lowest BCUT2D eigenvalue weighted by atomic mass is 10.0. The zero-order valence-electron chi connectivity index (χ0n) is 17.1. The third-order valence-electron chi connectivity index (χ3n) is 4.94. The molecule has 0 spiro atoms. The molecule has 0 aliphatic rings. The van der Waals surface area contributed by atoms with Crippen LogP contribution in [-0.4, -0.2) is 16.5 Å². The van der Waals surface area contributed by atoms with Crippen LogP contribution in [0.1, 0.15) is 51.1 Å². The minimum absolute atomic E-state index is 0.782. The molecule has 0 radical (unpaired) electrons. The van der Waals surface area contributed by atoms with Gasteiger partial charge in [-0.15, -0.1) is 0 Å². The lowest BCUT2D eigenvalue weighted by Crippen LogP contribution is -2.05. The number of unbranched alkanes of at least 4 members (excludes halogenated alkanes) is 5. The third-order valence-corrected chi connectivity index (χ3v) is 4.94. The number of nitrogens with zero attached hydrogens (tertiary/aromatic N) is 2. The monoisotopic (exact) mass is 373 g/mol. The first-order valence-corrected chi connectivity index (χ1v) is 10.5. The Morgan fingerprint density at radius 2 is 1.36 bits per heavy atom. The summed E-state index contributed by atoms with van der Waals surface area (Å²) in [5, 5.41) is 3.47. The van der Waals surface area contributed by atoms with Crippen LogP contribution in [-0.2, 0) is 0 Å². The maximum absolute atomic E-state index is 4.73. The molecule has 0 aliphatic carbocycles. The van der Waals surface area contributed by atoms with Crippen LogP contribution in [0.2, 0.25) is 0 Å². The van der Waals surface area contributed by atoms with Crippen molar-refractivity contribution in [3.63, 3.8) is 0 Å². The normalized spacial score (nSPS) is 10.8. The van der Waals surface area contributed by atoms with E-state index in [-0.39, 0.29) is 0 Å². The van der Waals surface area contributed by atoms with E-state index in [1.807, 2.05) is 19.1 Å². The smallest absolute Gasteiger partial charge is 0.161 e. The van der Waals surface area contributed by atoms with Crippen molar-refractivity contribution in [1.29, 1.82) is 0 Å². The summed E-state index contributed by atoms with van der Waals surface area (Å²) in [6.45, 7) is 5.25. The Morgan fingerprint density at radius 1 is 0.714 bits per heavy atom. The number of benzene rings is 2. The van der Waals surface area contributed by atoms with Crippen molar-refractivity contribution in [3.8, 4) is 22.5 Å². The van der Waals surface area contributed by atoms with Crippen molar-refractivity contribution in [1.82, 2.24) is 9.97 Å². The lowest BCUT2D eigenvalue weighted by Gasteiger charge is -2.09. The van der Waals surface area contributed by atoms with Gasteiger partial charge in [0.05, 0.1) is 0 Å². The number of aromatic nitrogens is 2. The van der Waals surface area contributed by atoms with E-state index >= 15 is 0 Å². The topological polar surface area (TPSA) is 37.8 Å². The summed E-state index contributed by atoms with van der Waals surface area (Å²) in [6.07, 6.45) is 7.81. The quantitative estimate of drug-likeness (QED) is 0.393. The average Bonchev–Trinajstić information content (AvgIpc) is 2.73. The van der Waals surface area contributed by atoms with Crippen LogP contribution in [0, 0.1) is 6.92 Å². The largest absolute Gasteiger partial charge is 0.370 e. The number of hydrogen-bond acceptors (Lipinski definition) is 3. The van der Waals surface area contributed by atoms with Gasteiger partial charge in [0, 0.05) is 23.9 Å². The van der Waals surface area contributed by atoms with Gasteiger partial charge in [-0.3, -0.25) is 0 Å². The van der Waals surface area contributed by atoms with Gasteiger partial charge < -0.3 is 5.32 Å². The molecule has 2 aromatic carbocycles. The molecule has 1 heterocycles. The molecule has 3 heteroatoms. The second kappa shape index (κ2) is 10.6. The molecule has 0 bridgehead atoms. The standard InChI is InChI=1S/C25H31N3/c1-3-4-5-6-7-11-18-26-24-19-20(2)27-25(28-24)23-16-14-22(15-17-23)21-12-9-8-10-13-21/h8-10,12-17,19H,3-7,11,18H2,1-2H3,(H,26,27,28). The number of hydrogen-bond donors (Lipinski definition) is 1. The van der Waals surface area contributed by atoms with Gasteiger partial charge in [-0.2, -0.15) is 0 Å². The van der Waals surface area contributed by atoms with E-state index in [9.17, 15) is 0 Å². The molecule has 1 N–H and O–H groups in total. The number of rotatable bonds is 10. The molecule has 0 saturated carbocycles. The van der Waals surface area contributed by atoms with Crippen molar-refractivity contribution in [2.75, 3.05) is 11.9 Å². The van der Waals surface area contributed by atoms with Gasteiger partial charge in [0.1, 0.15) is 5.82 Å². The molecule has 0 fully saturated rings. The first-order chi connectivity index (χ1) is 13.8. The zero-order valence-corrected chi connectivity index (χ0v) is 17.1. The molecule has 0 saturated heterocycles. The van der Waals surface area contributed by atoms with Crippen LogP contribution < -0.4 is 5.32 Å². The Kier molecular flexibility index (Phi) is 7.60. The molecule has 0 aliphatic heterocycles. The SMILES string of the molecule is CCCCCCCCNc1cc(C)nc(-c2ccc(-c3ccccc3)cc2)n1. The summed E-state index contributed by atoms with van der Waals surface area (Å²) < 4.78 is 0. The molecule has 3 rings (SSSR count). The van der Waals surface area contributed by atoms with E-state index < -0.39 is 0 Å². The van der Waals surface area contributed by atoms with Gasteiger partial charge >= 0.3 is 0 Å². The van der Waals surface area contributed by atoms with E-state index in [0.717, 1.165) is 29.4 Å². The Morgan fingerprint density at radius 3 is 2.11 bits per heavy atom. The molecular formula is C25H31N3. The molecule has 0 atom stereocenters. The molecule has 3 aromatic rings. The molecule has 3 nitrogen and oxygen atoms in total. The predicted octanol–water partition coefficient (Wildman–Crippen LogP) is 6.89. The molecular weight excluding hydrogens is 342 g/mol. The van der Waals surface area contributed by atoms with E-state index in [1.54, 1.807) is 0 Å². The predicted molar refractivity (Wildman–Crippen MR) is 120 cm³/mol. The molecule has 0 unspecified atom stereocenters. The summed E-state index contributed by atoms with van der Waals surface area (Å²) >= 11 is 0. The summed E-state index contributed by atoms with van der Waals surface area (Å²) in [4.78, 5) is 9.36. The Bertz CT molecular complexity index is 841. The maximum Gasteiger partial charge on any atom is 0.161 e. The van der Waals surface area contributed by atoms with Gasteiger partial charge in [0.25, 0.3) is 0 Å². The number of anilines is 1. The molecule has 1 aromatic heterocycles. The summed E-state index contributed by atoms with van der Waals surface area (Å²) in [5.41, 5.74) is 4.47. The van der Waals surface area contributed by atoms with Crippen molar-refractivity contribution < 1.29 is 0 Å². The number of aryl methyl sites for hydroxylation is 1. The van der Waals surface area contributed by atoms with Crippen molar-refractivity contribution >= 4 is 5.82 Å². The first-order valence-electron chi connectivity index (χ1n) is 10.5. The highest BCUT2D eigenvalue weighted by molar-refractivity contribution is 5.68. The van der Waals surface area contributed by atoms with E-state index in [1.165, 1.54) is 49.7 Å². The first kappa shape index (κ1) is 20.1. The summed E-state index contributed by atoms with van der Waals surface area (Å²) in [5.74, 6) is 1.70. The van der Waals surface area contributed by atoms with E-state index in [2.05, 4.69) is 65.8 Å². The van der Waals surface area contributed by atoms with Crippen molar-refractivity contribution in [3.05, 3.63) is 66.4 Å². The van der Waals surface area contributed by atoms with Gasteiger partial charge in [0.2, 0.25) is 0 Å². The molecule has 0 amide bonds. The Labute approximate surface area is 169 Å². The highest BCUT2D eigenvalue weighted by Gasteiger charge is 2.06. The Balaban J connectivity index is 1.61. The minimum atomic E-state index is 0.782. The van der Waals surface area contributed by atoms with Gasteiger partial charge in [-0.25, -0.2) is 9.97 Å². The minimum Gasteiger partial charge on any atom is -0.370 e. The fraction of sp³-hybridized carbons (Fsp3) is 0.360. The summed E-state index contributed by atoms with van der Waals surface area (Å²) in [7, 11) is 0. The highest BCUT2D eigenvalue weighted by Crippen LogP contribution is 2.24. The van der Waals surface area contributed by atoms with Crippen LogP contribution in [0.25, 0.3) is 22.5 Å². The van der Waals surface area contributed by atoms with Gasteiger partial charge in [0.15, 0.2) is 5.82 Å². The zero-order chi connectivity index (χ0) is 19.6. The van der Waals surface area contributed by atoms with Gasteiger partial charge in [-0.1, -0.05) is 93.6 Å². The van der Waals surface area contributed by atoms with Crippen LogP contribution in [0.3, 0.4) is 0 Å². The third kappa shape index (κ3) is 5.91. The van der Waals surface area contributed by atoms with E-state index in [0.29, 0.717) is 0 Å². The van der Waals surface area contributed by atoms with Crippen LogP contribution >= 0.6 is 0 Å². The number of nitrogens with one attached hydrogen (secondary N) is 1. The fourth-order valence-electron chi connectivity index (χ4n) is 3.35. The maximum atomic E-state index is 4.73. The lowest BCUT2D eigenvalue weighted by molar-refractivity contribution is 0.617. The van der Waals surface area contributed by atoms with Crippen molar-refractivity contribution in [2.24, 2.45) is 0 Å². The Hall–Kier alpha value is -2.68. The van der Waals surface area contributed by atoms with Crippen molar-refractivity contribution in [2.45, 2.75) is 52.4 Å². The fourth-order valence-corrected chi connectivity index (χ4v) is 3.35. The van der Waals surface area contributed by atoms with Crippen LogP contribution in [0.5, 0.6) is 0 Å². The highest BCUT2D eigenvalue weighted by atomic mass is 15.0. The molecule has 28 heavy (non-hydrogen) atoms. The van der Waals surface area contributed by atoms with Crippen LogP contribution in [0.15, 0.2) is 60.7 Å². The second-order valence-corrected chi connectivity index (χ2v) is 7.36. The van der Waals surface area contributed by atoms with Crippen LogP contribution in [0.4, 0.5) is 5.82 Å². The van der Waals surface area contributed by atoms with Gasteiger partial charge in [-0.05, 0) is 24.5 Å².